The van der Waals surface area contributed by atoms with Crippen molar-refractivity contribution in [1.29, 1.82) is 0 Å². The van der Waals surface area contributed by atoms with Crippen molar-refractivity contribution in [2.45, 2.75) is 26.9 Å². The summed E-state index contributed by atoms with van der Waals surface area (Å²) in [5.41, 5.74) is 3.25. The Morgan fingerprint density at radius 1 is 1.26 bits per heavy atom. The molecule has 3 rings (SSSR count). The number of halogens is 1. The molecular weight excluding hydrogens is 471 g/mol. The van der Waals surface area contributed by atoms with Crippen LogP contribution in [0.4, 0.5) is 0 Å². The van der Waals surface area contributed by atoms with Crippen LogP contribution in [0, 0.1) is 13.8 Å². The number of thiazole rings is 1. The van der Waals surface area contributed by atoms with Crippen molar-refractivity contribution in [3.8, 4) is 11.3 Å². The zero-order valence-corrected chi connectivity index (χ0v) is 19.1. The lowest BCUT2D eigenvalue weighted by atomic mass is 10.2. The highest BCUT2D eigenvalue weighted by atomic mass is 127. The van der Waals surface area contributed by atoms with Gasteiger partial charge in [-0.3, -0.25) is 4.99 Å². The molecule has 0 fully saturated rings. The third-order valence-corrected chi connectivity index (χ3v) is 5.22. The summed E-state index contributed by atoms with van der Waals surface area (Å²) >= 11 is 1.72. The van der Waals surface area contributed by atoms with Gasteiger partial charge in [0.25, 0.3) is 0 Å². The number of aromatic amines is 1. The van der Waals surface area contributed by atoms with Gasteiger partial charge in [-0.25, -0.2) is 9.97 Å². The van der Waals surface area contributed by atoms with E-state index < -0.39 is 0 Å². The van der Waals surface area contributed by atoms with Gasteiger partial charge in [0.15, 0.2) is 5.96 Å². The van der Waals surface area contributed by atoms with Crippen molar-refractivity contribution in [1.82, 2.24) is 25.2 Å². The SMILES string of the molecule is CN=C(NCc1nc(C)c(C)s1)N(C)Cc1ncc(-c2ccccc2)[nH]1.I. The first-order valence-corrected chi connectivity index (χ1v) is 9.32. The first kappa shape index (κ1) is 21.4. The standard InChI is InChI=1S/C19H24N6S.HI/c1-13-14(2)26-18(23-13)11-22-19(20-3)25(4)12-17-21-10-16(24-17)15-8-6-5-7-9-15;/h5-10H,11-12H2,1-4H3,(H,20,22)(H,21,24);1H. The van der Waals surface area contributed by atoms with Crippen LogP contribution in [0.3, 0.4) is 0 Å². The average Bonchev–Trinajstić information content (AvgIpc) is 3.23. The van der Waals surface area contributed by atoms with E-state index in [0.29, 0.717) is 13.1 Å². The van der Waals surface area contributed by atoms with Crippen molar-refractivity contribution in [2.75, 3.05) is 14.1 Å². The average molecular weight is 496 g/mol. The Balaban J connectivity index is 0.00000261. The van der Waals surface area contributed by atoms with Gasteiger partial charge < -0.3 is 15.2 Å². The number of aryl methyl sites for hydroxylation is 2. The Morgan fingerprint density at radius 2 is 2.00 bits per heavy atom. The molecule has 0 saturated heterocycles. The lowest BCUT2D eigenvalue weighted by molar-refractivity contribution is 0.464. The van der Waals surface area contributed by atoms with Crippen LogP contribution in [0.2, 0.25) is 0 Å². The molecular formula is C19H25IN6S. The van der Waals surface area contributed by atoms with Crippen molar-refractivity contribution < 1.29 is 0 Å². The van der Waals surface area contributed by atoms with E-state index in [2.05, 4.69) is 44.3 Å². The molecule has 6 nitrogen and oxygen atoms in total. The first-order chi connectivity index (χ1) is 12.6. The zero-order chi connectivity index (χ0) is 18.5. The van der Waals surface area contributed by atoms with E-state index in [1.54, 1.807) is 18.4 Å². The lowest BCUT2D eigenvalue weighted by Crippen LogP contribution is -2.38. The number of H-pyrrole nitrogens is 1. The van der Waals surface area contributed by atoms with Gasteiger partial charge in [-0.2, -0.15) is 0 Å². The number of aliphatic imine (C=N–C) groups is 1. The highest BCUT2D eigenvalue weighted by molar-refractivity contribution is 14.0. The minimum absolute atomic E-state index is 0. The second-order valence-electron chi connectivity index (χ2n) is 6.12. The second kappa shape index (κ2) is 9.84. The molecule has 1 aromatic carbocycles. The summed E-state index contributed by atoms with van der Waals surface area (Å²) in [6.07, 6.45) is 1.87. The third kappa shape index (κ3) is 5.52. The Hall–Kier alpha value is -1.94. The summed E-state index contributed by atoms with van der Waals surface area (Å²) in [7, 11) is 3.78. The number of imidazole rings is 1. The molecule has 0 spiro atoms. The molecule has 27 heavy (non-hydrogen) atoms. The Morgan fingerprint density at radius 3 is 2.63 bits per heavy atom. The molecule has 0 aliphatic heterocycles. The van der Waals surface area contributed by atoms with Crippen LogP contribution >= 0.6 is 35.3 Å². The van der Waals surface area contributed by atoms with Crippen LogP contribution < -0.4 is 5.32 Å². The van der Waals surface area contributed by atoms with Gasteiger partial charge in [0, 0.05) is 19.0 Å². The third-order valence-electron chi connectivity index (χ3n) is 4.14. The number of rotatable bonds is 5. The Bertz CT molecular complexity index is 867. The van der Waals surface area contributed by atoms with Crippen LogP contribution in [0.1, 0.15) is 21.4 Å². The minimum Gasteiger partial charge on any atom is -0.350 e. The Kier molecular flexibility index (Phi) is 7.78. The zero-order valence-electron chi connectivity index (χ0n) is 16.0. The van der Waals surface area contributed by atoms with E-state index in [0.717, 1.165) is 33.7 Å². The summed E-state index contributed by atoms with van der Waals surface area (Å²) in [6.45, 7) is 5.45. The quantitative estimate of drug-likeness (QED) is 0.319. The molecule has 2 aromatic heterocycles. The molecule has 0 radical (unpaired) electrons. The fraction of sp³-hybridized carbons (Fsp3) is 0.316. The van der Waals surface area contributed by atoms with E-state index in [1.165, 1.54) is 4.88 Å². The normalized spacial score (nSPS) is 11.2. The number of guanidine groups is 1. The van der Waals surface area contributed by atoms with Gasteiger partial charge in [0.2, 0.25) is 0 Å². The van der Waals surface area contributed by atoms with Gasteiger partial charge in [-0.05, 0) is 19.4 Å². The second-order valence-corrected chi connectivity index (χ2v) is 7.40. The Labute approximate surface area is 181 Å². The summed E-state index contributed by atoms with van der Waals surface area (Å²) < 4.78 is 0. The van der Waals surface area contributed by atoms with Crippen LogP contribution in [0.15, 0.2) is 41.5 Å². The molecule has 8 heteroatoms. The van der Waals surface area contributed by atoms with E-state index in [4.69, 9.17) is 0 Å². The van der Waals surface area contributed by atoms with Crippen molar-refractivity contribution >= 4 is 41.3 Å². The highest BCUT2D eigenvalue weighted by Gasteiger charge is 2.11. The summed E-state index contributed by atoms with van der Waals surface area (Å²) in [5, 5.41) is 4.44. The summed E-state index contributed by atoms with van der Waals surface area (Å²) in [6, 6.07) is 10.2. The number of benzene rings is 1. The maximum absolute atomic E-state index is 4.56. The number of nitrogens with zero attached hydrogens (tertiary/aromatic N) is 4. The van der Waals surface area contributed by atoms with E-state index in [-0.39, 0.29) is 24.0 Å². The first-order valence-electron chi connectivity index (χ1n) is 8.51. The van der Waals surface area contributed by atoms with Crippen LogP contribution in [-0.2, 0) is 13.1 Å². The molecule has 0 unspecified atom stereocenters. The lowest BCUT2D eigenvalue weighted by Gasteiger charge is -2.20. The minimum atomic E-state index is 0. The molecule has 144 valence electrons. The summed E-state index contributed by atoms with van der Waals surface area (Å²) in [5.74, 6) is 1.71. The number of nitrogens with one attached hydrogen (secondary N) is 2. The predicted molar refractivity (Wildman–Crippen MR) is 123 cm³/mol. The van der Waals surface area contributed by atoms with Crippen molar-refractivity contribution in [3.63, 3.8) is 0 Å². The van der Waals surface area contributed by atoms with Gasteiger partial charge >= 0.3 is 0 Å². The van der Waals surface area contributed by atoms with Gasteiger partial charge in [-0.1, -0.05) is 30.3 Å². The van der Waals surface area contributed by atoms with Crippen molar-refractivity contribution in [3.05, 3.63) is 57.9 Å². The maximum atomic E-state index is 4.56. The topological polar surface area (TPSA) is 69.2 Å². The molecule has 2 N–H and O–H groups in total. The number of hydrogen-bond donors (Lipinski definition) is 2. The van der Waals surface area contributed by atoms with E-state index in [9.17, 15) is 0 Å². The maximum Gasteiger partial charge on any atom is 0.194 e. The van der Waals surface area contributed by atoms with Crippen LogP contribution in [0.25, 0.3) is 11.3 Å². The van der Waals surface area contributed by atoms with Crippen LogP contribution in [0.5, 0.6) is 0 Å². The monoisotopic (exact) mass is 496 g/mol. The molecule has 0 bridgehead atoms. The predicted octanol–water partition coefficient (Wildman–Crippen LogP) is 3.98. The molecule has 0 aliphatic rings. The molecule has 0 amide bonds. The smallest absolute Gasteiger partial charge is 0.194 e. The summed E-state index contributed by atoms with van der Waals surface area (Å²) in [4.78, 5) is 20.1. The van der Waals surface area contributed by atoms with Gasteiger partial charge in [-0.15, -0.1) is 35.3 Å². The molecule has 0 atom stereocenters. The van der Waals surface area contributed by atoms with Crippen LogP contribution in [-0.4, -0.2) is 39.9 Å². The van der Waals surface area contributed by atoms with Gasteiger partial charge in [0.1, 0.15) is 10.8 Å². The highest BCUT2D eigenvalue weighted by Crippen LogP contribution is 2.17. The van der Waals surface area contributed by atoms with Gasteiger partial charge in [0.05, 0.1) is 30.7 Å². The molecule has 0 aliphatic carbocycles. The largest absolute Gasteiger partial charge is 0.350 e. The molecule has 3 aromatic rings. The number of aromatic nitrogens is 3. The fourth-order valence-electron chi connectivity index (χ4n) is 2.66. The van der Waals surface area contributed by atoms with Crippen molar-refractivity contribution in [2.24, 2.45) is 4.99 Å². The van der Waals surface area contributed by atoms with E-state index in [1.807, 2.05) is 43.3 Å². The van der Waals surface area contributed by atoms with E-state index >= 15 is 0 Å². The fourth-order valence-corrected chi connectivity index (χ4v) is 3.53. The number of hydrogen-bond acceptors (Lipinski definition) is 4. The molecule has 0 saturated carbocycles. The molecule has 2 heterocycles.